The van der Waals surface area contributed by atoms with E-state index in [-0.39, 0.29) is 44.9 Å². The molecular formula is C25H28ClF2N5O3S. The molecule has 3 heterocycles. The van der Waals surface area contributed by atoms with E-state index in [1.54, 1.807) is 0 Å². The second-order valence-electron chi connectivity index (χ2n) is 9.02. The largest absolute Gasteiger partial charge is 0.480 e. The fraction of sp³-hybridized carbons (Fsp3) is 0.360. The minimum absolute atomic E-state index is 0.000782. The molecule has 1 aliphatic heterocycles. The number of piperazine rings is 1. The highest BCUT2D eigenvalue weighted by Gasteiger charge is 2.23. The summed E-state index contributed by atoms with van der Waals surface area (Å²) in [5.74, 6) is -1.48. The molecule has 1 saturated heterocycles. The Kier molecular flexibility index (Phi) is 8.27. The minimum atomic E-state index is -4.13. The molecule has 2 aromatic heterocycles. The van der Waals surface area contributed by atoms with E-state index in [0.29, 0.717) is 6.04 Å². The Morgan fingerprint density at radius 3 is 2.38 bits per heavy atom. The van der Waals surface area contributed by atoms with Crippen LogP contribution in [0, 0.1) is 11.6 Å². The predicted octanol–water partition coefficient (Wildman–Crippen LogP) is 4.41. The van der Waals surface area contributed by atoms with E-state index in [0.717, 1.165) is 26.2 Å². The molecule has 1 aromatic carbocycles. The molecule has 8 nitrogen and oxygen atoms in total. The number of rotatable bonds is 8. The number of hydrogen-bond donors (Lipinski definition) is 1. The fourth-order valence-electron chi connectivity index (χ4n) is 4.18. The normalized spacial score (nSPS) is 15.2. The van der Waals surface area contributed by atoms with Gasteiger partial charge >= 0.3 is 0 Å². The first kappa shape index (κ1) is 27.2. The van der Waals surface area contributed by atoms with Crippen LogP contribution in [-0.2, 0) is 16.6 Å². The topological polar surface area (TPSA) is 87.7 Å². The van der Waals surface area contributed by atoms with Gasteiger partial charge in [-0.25, -0.2) is 22.2 Å². The second-order valence-corrected chi connectivity index (χ2v) is 11.1. The number of benzene rings is 1. The standard InChI is InChI=1S/C25H28ClF2N5O3S/c1-16(2)33-8-6-32(7-9-33)15-20-21(27)10-17(11-22(20)28)23-13-19(4-5-29-23)31-37(34,35)24-12-18(26)14-30-25(24)36-3/h4-5,10-14,16H,6-9,15H2,1-3H3,(H,29,31). The number of nitrogens with one attached hydrogen (secondary N) is 1. The lowest BCUT2D eigenvalue weighted by Gasteiger charge is -2.37. The Labute approximate surface area is 220 Å². The van der Waals surface area contributed by atoms with Crippen LogP contribution in [0.3, 0.4) is 0 Å². The van der Waals surface area contributed by atoms with Crippen molar-refractivity contribution in [2.75, 3.05) is 38.0 Å². The number of aromatic nitrogens is 2. The van der Waals surface area contributed by atoms with Gasteiger partial charge in [0, 0.05) is 62.3 Å². The summed E-state index contributed by atoms with van der Waals surface area (Å²) in [7, 11) is -2.84. The summed E-state index contributed by atoms with van der Waals surface area (Å²) in [5.41, 5.74) is 0.525. The predicted molar refractivity (Wildman–Crippen MR) is 138 cm³/mol. The zero-order valence-electron chi connectivity index (χ0n) is 20.7. The molecule has 0 atom stereocenters. The third-order valence-corrected chi connectivity index (χ3v) is 7.82. The number of pyridine rings is 2. The molecule has 198 valence electrons. The van der Waals surface area contributed by atoms with Gasteiger partial charge in [-0.2, -0.15) is 0 Å². The van der Waals surface area contributed by atoms with E-state index in [1.165, 1.54) is 49.8 Å². The summed E-state index contributed by atoms with van der Waals surface area (Å²) in [6.07, 6.45) is 2.61. The van der Waals surface area contributed by atoms with Gasteiger partial charge in [-0.3, -0.25) is 19.5 Å². The van der Waals surface area contributed by atoms with Crippen molar-refractivity contribution in [2.45, 2.75) is 31.3 Å². The van der Waals surface area contributed by atoms with Gasteiger partial charge < -0.3 is 4.74 Å². The number of nitrogens with zero attached hydrogens (tertiary/aromatic N) is 4. The quantitative estimate of drug-likeness (QED) is 0.444. The van der Waals surface area contributed by atoms with Gasteiger partial charge in [0.15, 0.2) is 4.90 Å². The lowest BCUT2D eigenvalue weighted by molar-refractivity contribution is 0.102. The van der Waals surface area contributed by atoms with Crippen molar-refractivity contribution < 1.29 is 21.9 Å². The average Bonchev–Trinajstić information content (AvgIpc) is 2.86. The van der Waals surface area contributed by atoms with Gasteiger partial charge in [0.25, 0.3) is 10.0 Å². The molecule has 0 bridgehead atoms. The van der Waals surface area contributed by atoms with Crippen LogP contribution in [-0.4, -0.2) is 67.5 Å². The summed E-state index contributed by atoms with van der Waals surface area (Å²) in [5, 5.41) is 0.115. The van der Waals surface area contributed by atoms with Crippen LogP contribution < -0.4 is 9.46 Å². The van der Waals surface area contributed by atoms with Gasteiger partial charge in [-0.05, 0) is 44.2 Å². The highest BCUT2D eigenvalue weighted by Crippen LogP contribution is 2.29. The van der Waals surface area contributed by atoms with Crippen LogP contribution in [0.1, 0.15) is 19.4 Å². The Hall–Kier alpha value is -2.86. The zero-order valence-corrected chi connectivity index (χ0v) is 22.3. The molecule has 1 fully saturated rings. The lowest BCUT2D eigenvalue weighted by Crippen LogP contribution is -2.48. The molecule has 12 heteroatoms. The SMILES string of the molecule is COc1ncc(Cl)cc1S(=O)(=O)Nc1ccnc(-c2cc(F)c(CN3CCN(C(C)C)CC3)c(F)c2)c1. The summed E-state index contributed by atoms with van der Waals surface area (Å²) >= 11 is 5.91. The maximum absolute atomic E-state index is 15.0. The van der Waals surface area contributed by atoms with E-state index < -0.39 is 21.7 Å². The first-order chi connectivity index (χ1) is 17.6. The van der Waals surface area contributed by atoms with Gasteiger partial charge in [0.05, 0.1) is 23.5 Å². The molecule has 1 N–H and O–H groups in total. The van der Waals surface area contributed by atoms with Crippen molar-refractivity contribution in [1.29, 1.82) is 0 Å². The van der Waals surface area contributed by atoms with E-state index in [4.69, 9.17) is 16.3 Å². The van der Waals surface area contributed by atoms with Gasteiger partial charge in [-0.15, -0.1) is 0 Å². The zero-order chi connectivity index (χ0) is 26.7. The number of hydrogen-bond acceptors (Lipinski definition) is 7. The molecule has 3 aromatic rings. The lowest BCUT2D eigenvalue weighted by atomic mass is 10.1. The van der Waals surface area contributed by atoms with E-state index in [9.17, 15) is 8.42 Å². The monoisotopic (exact) mass is 551 g/mol. The van der Waals surface area contributed by atoms with Gasteiger partial charge in [0.2, 0.25) is 5.88 Å². The first-order valence-corrected chi connectivity index (χ1v) is 13.6. The maximum atomic E-state index is 15.0. The van der Waals surface area contributed by atoms with E-state index >= 15 is 8.78 Å². The fourth-order valence-corrected chi connectivity index (χ4v) is 5.60. The molecule has 0 amide bonds. The van der Waals surface area contributed by atoms with Gasteiger partial charge in [-0.1, -0.05) is 11.6 Å². The van der Waals surface area contributed by atoms with Crippen LogP contribution in [0.25, 0.3) is 11.3 Å². The Morgan fingerprint density at radius 2 is 1.76 bits per heavy atom. The smallest absolute Gasteiger partial charge is 0.267 e. The van der Waals surface area contributed by atoms with Crippen LogP contribution in [0.5, 0.6) is 5.88 Å². The molecule has 4 rings (SSSR count). The van der Waals surface area contributed by atoms with E-state index in [2.05, 4.69) is 33.4 Å². The summed E-state index contributed by atoms with van der Waals surface area (Å²) in [6, 6.07) is 6.89. The number of ether oxygens (including phenoxy) is 1. The Balaban J connectivity index is 1.54. The molecule has 0 saturated carbocycles. The average molecular weight is 552 g/mol. The van der Waals surface area contributed by atoms with E-state index in [1.807, 2.05) is 4.90 Å². The maximum Gasteiger partial charge on any atom is 0.267 e. The summed E-state index contributed by atoms with van der Waals surface area (Å²) < 4.78 is 63.4. The Bertz CT molecular complexity index is 1360. The Morgan fingerprint density at radius 1 is 1.08 bits per heavy atom. The first-order valence-electron chi connectivity index (χ1n) is 11.7. The number of halogens is 3. The number of methoxy groups -OCH3 is 1. The van der Waals surface area contributed by atoms with Crippen LogP contribution >= 0.6 is 11.6 Å². The van der Waals surface area contributed by atoms with Crippen molar-refractivity contribution in [1.82, 2.24) is 19.8 Å². The number of sulfonamides is 1. The van der Waals surface area contributed by atoms with Crippen molar-refractivity contribution >= 4 is 27.3 Å². The third kappa shape index (κ3) is 6.35. The van der Waals surface area contributed by atoms with Gasteiger partial charge in [0.1, 0.15) is 11.6 Å². The number of anilines is 1. The molecule has 0 unspecified atom stereocenters. The second kappa shape index (κ2) is 11.3. The molecule has 0 spiro atoms. The summed E-state index contributed by atoms with van der Waals surface area (Å²) in [6.45, 7) is 7.60. The van der Waals surface area contributed by atoms with Crippen LogP contribution in [0.15, 0.2) is 47.6 Å². The molecule has 1 aliphatic rings. The highest BCUT2D eigenvalue weighted by molar-refractivity contribution is 7.92. The highest BCUT2D eigenvalue weighted by atomic mass is 35.5. The minimum Gasteiger partial charge on any atom is -0.480 e. The van der Waals surface area contributed by atoms with Crippen LogP contribution in [0.2, 0.25) is 5.02 Å². The van der Waals surface area contributed by atoms with Crippen molar-refractivity contribution in [3.8, 4) is 17.1 Å². The summed E-state index contributed by atoms with van der Waals surface area (Å²) in [4.78, 5) is 12.2. The van der Waals surface area contributed by atoms with Crippen molar-refractivity contribution in [3.63, 3.8) is 0 Å². The van der Waals surface area contributed by atoms with Crippen molar-refractivity contribution in [2.24, 2.45) is 0 Å². The molecule has 37 heavy (non-hydrogen) atoms. The molecule has 0 radical (unpaired) electrons. The molecular weight excluding hydrogens is 524 g/mol. The molecule has 0 aliphatic carbocycles. The third-order valence-electron chi connectivity index (χ3n) is 6.24. The van der Waals surface area contributed by atoms with Crippen LogP contribution in [0.4, 0.5) is 14.5 Å². The van der Waals surface area contributed by atoms with Crippen molar-refractivity contribution in [3.05, 3.63) is 64.9 Å².